The van der Waals surface area contributed by atoms with Crippen LogP contribution in [0, 0.1) is 5.82 Å². The number of likely N-dealkylation sites (N-methyl/N-ethyl adjacent to an activating group) is 1. The second-order valence-electron chi connectivity index (χ2n) is 6.01. The number of nitrogens with zero attached hydrogens (tertiary/aromatic N) is 1. The third-order valence-corrected chi connectivity index (χ3v) is 5.92. The van der Waals surface area contributed by atoms with Crippen molar-refractivity contribution in [1.29, 1.82) is 0 Å². The number of carbonyl (C=O) groups excluding carboxylic acids is 1. The van der Waals surface area contributed by atoms with Crippen LogP contribution in [0.5, 0.6) is 0 Å². The van der Waals surface area contributed by atoms with Gasteiger partial charge in [-0.25, -0.2) is 12.8 Å². The SMILES string of the molecule is COCC(O)CN(C)S(=O)(=O)c1cccc(C(=O)Nc2ccc(F)c(Cl)c2)c1. The minimum atomic E-state index is -3.93. The number of rotatable bonds is 8. The largest absolute Gasteiger partial charge is 0.389 e. The van der Waals surface area contributed by atoms with E-state index in [9.17, 15) is 22.7 Å². The molecule has 10 heteroatoms. The van der Waals surface area contributed by atoms with Gasteiger partial charge in [-0.05, 0) is 36.4 Å². The molecule has 0 saturated heterocycles. The van der Waals surface area contributed by atoms with Crippen LogP contribution >= 0.6 is 11.6 Å². The van der Waals surface area contributed by atoms with Crippen molar-refractivity contribution in [2.75, 3.05) is 32.6 Å². The lowest BCUT2D eigenvalue weighted by molar-refractivity contribution is 0.0554. The fraction of sp³-hybridized carbons (Fsp3) is 0.278. The Morgan fingerprint density at radius 3 is 2.68 bits per heavy atom. The summed E-state index contributed by atoms with van der Waals surface area (Å²) in [5, 5.41) is 12.1. The average molecular weight is 431 g/mol. The van der Waals surface area contributed by atoms with Crippen LogP contribution in [0.15, 0.2) is 47.4 Å². The standard InChI is InChI=1S/C18H20ClFN2O5S/c1-22(10-14(23)11-27-2)28(25,26)15-5-3-4-12(8-15)18(24)21-13-6-7-17(20)16(19)9-13/h3-9,14,23H,10-11H2,1-2H3,(H,21,24). The molecule has 152 valence electrons. The van der Waals surface area contributed by atoms with Crippen LogP contribution < -0.4 is 5.32 Å². The zero-order valence-corrected chi connectivity index (χ0v) is 16.8. The summed E-state index contributed by atoms with van der Waals surface area (Å²) in [5.41, 5.74) is 0.358. The Hall–Kier alpha value is -2.04. The zero-order chi connectivity index (χ0) is 20.9. The number of hydrogen-bond acceptors (Lipinski definition) is 5. The second-order valence-corrected chi connectivity index (χ2v) is 8.46. The fourth-order valence-electron chi connectivity index (χ4n) is 2.39. The van der Waals surface area contributed by atoms with Crippen molar-refractivity contribution in [2.24, 2.45) is 0 Å². The Morgan fingerprint density at radius 2 is 2.04 bits per heavy atom. The Labute approximate surface area is 167 Å². The summed E-state index contributed by atoms with van der Waals surface area (Å²) in [5.74, 6) is -1.20. The molecule has 0 bridgehead atoms. The summed E-state index contributed by atoms with van der Waals surface area (Å²) < 4.78 is 44.3. The van der Waals surface area contributed by atoms with Crippen LogP contribution in [-0.4, -0.2) is 57.1 Å². The molecule has 0 aliphatic carbocycles. The van der Waals surface area contributed by atoms with Gasteiger partial charge in [-0.3, -0.25) is 4.79 Å². The summed E-state index contributed by atoms with van der Waals surface area (Å²) in [6.45, 7) is -0.177. The fourth-order valence-corrected chi connectivity index (χ4v) is 3.83. The van der Waals surface area contributed by atoms with Gasteiger partial charge in [-0.2, -0.15) is 4.31 Å². The van der Waals surface area contributed by atoms with E-state index in [0.29, 0.717) is 0 Å². The van der Waals surface area contributed by atoms with Crippen molar-refractivity contribution in [3.63, 3.8) is 0 Å². The first-order valence-corrected chi connectivity index (χ1v) is 9.96. The quantitative estimate of drug-likeness (QED) is 0.670. The highest BCUT2D eigenvalue weighted by Gasteiger charge is 2.24. The molecule has 2 aromatic carbocycles. The first-order chi connectivity index (χ1) is 13.1. The van der Waals surface area contributed by atoms with Gasteiger partial charge >= 0.3 is 0 Å². The number of benzene rings is 2. The number of amides is 1. The molecule has 28 heavy (non-hydrogen) atoms. The molecule has 1 amide bonds. The van der Waals surface area contributed by atoms with Crippen molar-refractivity contribution in [2.45, 2.75) is 11.0 Å². The van der Waals surface area contributed by atoms with E-state index < -0.39 is 27.9 Å². The highest BCUT2D eigenvalue weighted by Crippen LogP contribution is 2.21. The maximum Gasteiger partial charge on any atom is 0.255 e. The lowest BCUT2D eigenvalue weighted by Crippen LogP contribution is -2.36. The molecule has 0 aromatic heterocycles. The molecule has 0 aliphatic rings. The molecule has 2 rings (SSSR count). The number of halogens is 2. The van der Waals surface area contributed by atoms with E-state index in [1.807, 2.05) is 0 Å². The molecule has 1 unspecified atom stereocenters. The van der Waals surface area contributed by atoms with Crippen LogP contribution in [0.2, 0.25) is 5.02 Å². The number of carbonyl (C=O) groups is 1. The van der Waals surface area contributed by atoms with Gasteiger partial charge in [-0.15, -0.1) is 0 Å². The van der Waals surface area contributed by atoms with Gasteiger partial charge in [0.1, 0.15) is 5.82 Å². The van der Waals surface area contributed by atoms with Crippen molar-refractivity contribution < 1.29 is 27.4 Å². The molecule has 0 heterocycles. The molecule has 7 nitrogen and oxygen atoms in total. The number of nitrogens with one attached hydrogen (secondary N) is 1. The first-order valence-electron chi connectivity index (χ1n) is 8.15. The zero-order valence-electron chi connectivity index (χ0n) is 15.2. The van der Waals surface area contributed by atoms with E-state index in [4.69, 9.17) is 16.3 Å². The topological polar surface area (TPSA) is 95.9 Å². The predicted octanol–water partition coefficient (Wildman–Crippen LogP) is 2.36. The maximum absolute atomic E-state index is 13.2. The Morgan fingerprint density at radius 1 is 1.32 bits per heavy atom. The highest BCUT2D eigenvalue weighted by molar-refractivity contribution is 7.89. The van der Waals surface area contributed by atoms with E-state index >= 15 is 0 Å². The summed E-state index contributed by atoms with van der Waals surface area (Å²) in [6.07, 6.45) is -0.987. The van der Waals surface area contributed by atoms with Gasteiger partial charge in [-0.1, -0.05) is 17.7 Å². The van der Waals surface area contributed by atoms with Gasteiger partial charge in [0.25, 0.3) is 5.91 Å². The summed E-state index contributed by atoms with van der Waals surface area (Å²) in [6, 6.07) is 9.14. The normalized spacial score (nSPS) is 12.8. The minimum absolute atomic E-state index is 0.0114. The molecule has 2 aromatic rings. The summed E-state index contributed by atoms with van der Waals surface area (Å²) in [4.78, 5) is 12.3. The second kappa shape index (κ2) is 9.44. The van der Waals surface area contributed by atoms with Gasteiger partial charge in [0, 0.05) is 32.0 Å². The van der Waals surface area contributed by atoms with Gasteiger partial charge in [0.2, 0.25) is 10.0 Å². The van der Waals surface area contributed by atoms with Crippen LogP contribution in [0.1, 0.15) is 10.4 Å². The average Bonchev–Trinajstić information content (AvgIpc) is 2.65. The number of sulfonamides is 1. The number of anilines is 1. The van der Waals surface area contributed by atoms with Gasteiger partial charge in [0.15, 0.2) is 0 Å². The smallest absolute Gasteiger partial charge is 0.255 e. The maximum atomic E-state index is 13.2. The van der Waals surface area contributed by atoms with Crippen molar-refractivity contribution in [3.05, 3.63) is 58.9 Å². The molecular weight excluding hydrogens is 411 g/mol. The lowest BCUT2D eigenvalue weighted by Gasteiger charge is -2.20. The van der Waals surface area contributed by atoms with E-state index in [1.165, 1.54) is 50.6 Å². The Bertz CT molecular complexity index is 955. The van der Waals surface area contributed by atoms with Gasteiger partial charge < -0.3 is 15.2 Å². The van der Waals surface area contributed by atoms with Crippen LogP contribution in [0.3, 0.4) is 0 Å². The molecule has 1 atom stereocenters. The number of methoxy groups -OCH3 is 1. The van der Waals surface area contributed by atoms with Crippen LogP contribution in [0.25, 0.3) is 0 Å². The molecule has 0 aliphatic heterocycles. The highest BCUT2D eigenvalue weighted by atomic mass is 35.5. The van der Waals surface area contributed by atoms with E-state index in [-0.39, 0.29) is 34.3 Å². The van der Waals surface area contributed by atoms with Crippen molar-refractivity contribution >= 4 is 33.2 Å². The minimum Gasteiger partial charge on any atom is -0.389 e. The molecule has 0 spiro atoms. The molecule has 2 N–H and O–H groups in total. The number of aliphatic hydroxyl groups is 1. The van der Waals surface area contributed by atoms with Crippen LogP contribution in [0.4, 0.5) is 10.1 Å². The monoisotopic (exact) mass is 430 g/mol. The Balaban J connectivity index is 2.20. The van der Waals surface area contributed by atoms with E-state index in [0.717, 1.165) is 10.4 Å². The van der Waals surface area contributed by atoms with E-state index in [1.54, 1.807) is 0 Å². The number of aliphatic hydroxyl groups excluding tert-OH is 1. The van der Waals surface area contributed by atoms with E-state index in [2.05, 4.69) is 5.32 Å². The first kappa shape index (κ1) is 22.3. The molecule has 0 radical (unpaired) electrons. The van der Waals surface area contributed by atoms with Crippen LogP contribution in [-0.2, 0) is 14.8 Å². The third-order valence-electron chi connectivity index (χ3n) is 3.81. The molecular formula is C18H20ClFN2O5S. The Kier molecular flexibility index (Phi) is 7.50. The predicted molar refractivity (Wildman–Crippen MR) is 104 cm³/mol. The number of ether oxygens (including phenoxy) is 1. The molecule has 0 fully saturated rings. The summed E-state index contributed by atoms with van der Waals surface area (Å²) in [7, 11) is -1.21. The van der Waals surface area contributed by atoms with Crippen molar-refractivity contribution in [1.82, 2.24) is 4.31 Å². The lowest BCUT2D eigenvalue weighted by atomic mass is 10.2. The molecule has 0 saturated carbocycles. The van der Waals surface area contributed by atoms with Crippen molar-refractivity contribution in [3.8, 4) is 0 Å². The summed E-state index contributed by atoms with van der Waals surface area (Å²) >= 11 is 5.69. The van der Waals surface area contributed by atoms with Gasteiger partial charge in [0.05, 0.1) is 22.6 Å². The number of hydrogen-bond donors (Lipinski definition) is 2. The third kappa shape index (κ3) is 5.49.